The van der Waals surface area contributed by atoms with Gasteiger partial charge < -0.3 is 16.4 Å². The lowest BCUT2D eigenvalue weighted by molar-refractivity contribution is -0.138. The van der Waals surface area contributed by atoms with Gasteiger partial charge in [0, 0.05) is 61.6 Å². The fraction of sp³-hybridized carbons (Fsp3) is 0.323. The first-order valence-electron chi connectivity index (χ1n) is 13.6. The molecule has 4 N–H and O–H groups in total. The van der Waals surface area contributed by atoms with Gasteiger partial charge in [-0.15, -0.1) is 0 Å². The summed E-state index contributed by atoms with van der Waals surface area (Å²) in [5, 5.41) is 5.93. The first kappa shape index (κ1) is 29.9. The van der Waals surface area contributed by atoms with Crippen LogP contribution < -0.4 is 16.4 Å². The zero-order valence-corrected chi connectivity index (χ0v) is 24.2. The highest BCUT2D eigenvalue weighted by Gasteiger charge is 2.35. The molecule has 1 aromatic carbocycles. The molecule has 1 fully saturated rings. The van der Waals surface area contributed by atoms with Crippen LogP contribution in [0, 0.1) is 25.7 Å². The summed E-state index contributed by atoms with van der Waals surface area (Å²) in [6.07, 6.45) is -0.280. The molecule has 9 nitrogen and oxygen atoms in total. The average molecular weight is 589 g/mol. The highest BCUT2D eigenvalue weighted by atomic mass is 19.4. The summed E-state index contributed by atoms with van der Waals surface area (Å²) in [6.45, 7) is 9.81. The van der Waals surface area contributed by atoms with Crippen LogP contribution >= 0.6 is 0 Å². The van der Waals surface area contributed by atoms with Gasteiger partial charge in [-0.05, 0) is 51.5 Å². The highest BCUT2D eigenvalue weighted by molar-refractivity contribution is 6.04. The zero-order chi connectivity index (χ0) is 30.9. The molecule has 43 heavy (non-hydrogen) atoms. The predicted octanol–water partition coefficient (Wildman–Crippen LogP) is 4.47. The van der Waals surface area contributed by atoms with Crippen molar-refractivity contribution in [1.82, 2.24) is 30.2 Å². The Bertz CT molecular complexity index is 1780. The second kappa shape index (κ2) is 11.6. The Hall–Kier alpha value is -4.60. The van der Waals surface area contributed by atoms with Gasteiger partial charge in [0.05, 0.1) is 28.1 Å². The number of hydrogen-bond acceptors (Lipinski definition) is 8. The molecule has 4 heterocycles. The van der Waals surface area contributed by atoms with Gasteiger partial charge in [-0.1, -0.05) is 17.9 Å². The van der Waals surface area contributed by atoms with Gasteiger partial charge in [0.25, 0.3) is 5.91 Å². The van der Waals surface area contributed by atoms with Crippen molar-refractivity contribution in [2.45, 2.75) is 46.0 Å². The third kappa shape index (κ3) is 6.90. The number of carbonyl (C=O) groups excluding carboxylic acids is 1. The molecule has 1 amide bonds. The van der Waals surface area contributed by atoms with E-state index in [1.54, 1.807) is 0 Å². The van der Waals surface area contributed by atoms with Crippen LogP contribution in [-0.2, 0) is 12.7 Å². The number of nitrogen functional groups attached to an aromatic ring is 1. The van der Waals surface area contributed by atoms with Crippen LogP contribution in [0.2, 0.25) is 0 Å². The normalized spacial score (nSPS) is 15.1. The average Bonchev–Trinajstić information content (AvgIpc) is 2.94. The molecule has 5 rings (SSSR count). The van der Waals surface area contributed by atoms with E-state index in [1.165, 1.54) is 36.8 Å². The Kier molecular flexibility index (Phi) is 8.05. The molecular formula is C31H31F3N8O. The first-order valence-corrected chi connectivity index (χ1v) is 13.6. The lowest BCUT2D eigenvalue weighted by Gasteiger charge is -2.39. The first-order chi connectivity index (χ1) is 20.3. The molecule has 0 atom stereocenters. The SMILES string of the molecule is Cc1nc2c(C#Cc3cncc(C(=O)Nc4ccc(CN5CCNC(C)(C)C5)c(C(F)(F)F)c4)c3)cnc(N)c2nc1C. The fourth-order valence-electron chi connectivity index (χ4n) is 4.97. The molecule has 1 saturated heterocycles. The summed E-state index contributed by atoms with van der Waals surface area (Å²) in [4.78, 5) is 32.3. The highest BCUT2D eigenvalue weighted by Crippen LogP contribution is 2.35. The molecule has 3 aromatic heterocycles. The van der Waals surface area contributed by atoms with Crippen molar-refractivity contribution in [2.75, 3.05) is 30.7 Å². The predicted molar refractivity (Wildman–Crippen MR) is 158 cm³/mol. The zero-order valence-electron chi connectivity index (χ0n) is 24.2. The van der Waals surface area contributed by atoms with E-state index in [9.17, 15) is 18.0 Å². The molecule has 12 heteroatoms. The third-order valence-electron chi connectivity index (χ3n) is 7.20. The second-order valence-corrected chi connectivity index (χ2v) is 11.2. The smallest absolute Gasteiger partial charge is 0.382 e. The van der Waals surface area contributed by atoms with E-state index >= 15 is 0 Å². The summed E-state index contributed by atoms with van der Waals surface area (Å²) in [5.74, 6) is 5.56. The maximum absolute atomic E-state index is 14.0. The van der Waals surface area contributed by atoms with Crippen LogP contribution in [0.4, 0.5) is 24.7 Å². The van der Waals surface area contributed by atoms with Crippen molar-refractivity contribution in [2.24, 2.45) is 0 Å². The number of hydrogen-bond donors (Lipinski definition) is 3. The quantitative estimate of drug-likeness (QED) is 0.299. The van der Waals surface area contributed by atoms with E-state index in [0.717, 1.165) is 17.5 Å². The lowest BCUT2D eigenvalue weighted by atomic mass is 10.00. The molecule has 0 aliphatic carbocycles. The van der Waals surface area contributed by atoms with Crippen LogP contribution in [0.25, 0.3) is 11.0 Å². The van der Waals surface area contributed by atoms with Crippen molar-refractivity contribution in [1.29, 1.82) is 0 Å². The number of fused-ring (bicyclic) bond motifs is 1. The van der Waals surface area contributed by atoms with Gasteiger partial charge in [-0.25, -0.2) is 15.0 Å². The number of nitrogens with zero attached hydrogens (tertiary/aromatic N) is 5. The van der Waals surface area contributed by atoms with E-state index in [4.69, 9.17) is 5.73 Å². The van der Waals surface area contributed by atoms with E-state index < -0.39 is 17.6 Å². The summed E-state index contributed by atoms with van der Waals surface area (Å²) >= 11 is 0. The van der Waals surface area contributed by atoms with Crippen LogP contribution in [0.1, 0.15) is 57.8 Å². The number of carbonyl (C=O) groups is 1. The number of aryl methyl sites for hydroxylation is 2. The molecule has 1 aliphatic heterocycles. The largest absolute Gasteiger partial charge is 0.416 e. The Morgan fingerprint density at radius 2 is 1.84 bits per heavy atom. The summed E-state index contributed by atoms with van der Waals surface area (Å²) in [5.41, 5.74) is 8.66. The molecule has 222 valence electrons. The maximum Gasteiger partial charge on any atom is 0.416 e. The standard InChI is InChI=1S/C31H31F3N8O/c1-18-19(2)40-27-26(39-18)21(15-37-28(27)35)6-5-20-11-23(14-36-13-20)29(43)41-24-8-7-22(25(12-24)31(32,33)34)16-42-10-9-38-30(3,4)17-42/h7-8,11-15,38H,9-10,16-17H2,1-4H3,(H2,35,37)(H,41,43). The number of amides is 1. The molecule has 0 spiro atoms. The Morgan fingerprint density at radius 1 is 1.09 bits per heavy atom. The lowest BCUT2D eigenvalue weighted by Crippen LogP contribution is -2.56. The van der Waals surface area contributed by atoms with E-state index in [2.05, 4.69) is 42.4 Å². The number of pyridine rings is 2. The van der Waals surface area contributed by atoms with Crippen LogP contribution in [-0.4, -0.2) is 55.9 Å². The Morgan fingerprint density at radius 3 is 2.56 bits per heavy atom. The monoisotopic (exact) mass is 588 g/mol. The molecule has 0 unspecified atom stereocenters. The third-order valence-corrected chi connectivity index (χ3v) is 7.20. The van der Waals surface area contributed by atoms with Gasteiger partial charge >= 0.3 is 6.18 Å². The molecule has 0 bridgehead atoms. The topological polar surface area (TPSA) is 122 Å². The number of aromatic nitrogens is 4. The van der Waals surface area contributed by atoms with E-state index in [0.29, 0.717) is 41.8 Å². The van der Waals surface area contributed by atoms with Crippen molar-refractivity contribution in [3.05, 3.63) is 82.1 Å². The Labute approximate surface area is 247 Å². The van der Waals surface area contributed by atoms with Gasteiger partial charge in [-0.3, -0.25) is 14.7 Å². The van der Waals surface area contributed by atoms with Crippen LogP contribution in [0.3, 0.4) is 0 Å². The van der Waals surface area contributed by atoms with Crippen molar-refractivity contribution in [3.8, 4) is 11.8 Å². The number of alkyl halides is 3. The minimum Gasteiger partial charge on any atom is -0.382 e. The summed E-state index contributed by atoms with van der Waals surface area (Å²) < 4.78 is 42.1. The molecule has 0 saturated carbocycles. The van der Waals surface area contributed by atoms with Gasteiger partial charge in [-0.2, -0.15) is 13.2 Å². The van der Waals surface area contributed by atoms with Crippen LogP contribution in [0.15, 0.2) is 42.9 Å². The van der Waals surface area contributed by atoms with E-state index in [1.807, 2.05) is 32.6 Å². The molecule has 0 radical (unpaired) electrons. The van der Waals surface area contributed by atoms with Crippen molar-refractivity contribution >= 4 is 28.4 Å². The fourth-order valence-corrected chi connectivity index (χ4v) is 4.97. The molecular weight excluding hydrogens is 557 g/mol. The number of anilines is 2. The van der Waals surface area contributed by atoms with Gasteiger partial charge in [0.15, 0.2) is 5.82 Å². The number of nitrogens with two attached hydrogens (primary N) is 1. The minimum atomic E-state index is -4.58. The number of nitrogens with one attached hydrogen (secondary N) is 2. The number of rotatable bonds is 4. The second-order valence-electron chi connectivity index (χ2n) is 11.2. The molecule has 1 aliphatic rings. The van der Waals surface area contributed by atoms with Crippen molar-refractivity contribution in [3.63, 3.8) is 0 Å². The summed E-state index contributed by atoms with van der Waals surface area (Å²) in [7, 11) is 0. The van der Waals surface area contributed by atoms with Gasteiger partial charge in [0.2, 0.25) is 0 Å². The number of benzene rings is 1. The number of piperazine rings is 1. The van der Waals surface area contributed by atoms with Gasteiger partial charge in [0.1, 0.15) is 11.0 Å². The summed E-state index contributed by atoms with van der Waals surface area (Å²) in [6, 6.07) is 5.39. The van der Waals surface area contributed by atoms with E-state index in [-0.39, 0.29) is 34.7 Å². The Balaban J connectivity index is 1.36. The van der Waals surface area contributed by atoms with Crippen LogP contribution in [0.5, 0.6) is 0 Å². The van der Waals surface area contributed by atoms with Crippen molar-refractivity contribution < 1.29 is 18.0 Å². The minimum absolute atomic E-state index is 0.0295. The molecule has 4 aromatic rings. The number of halogens is 3. The maximum atomic E-state index is 14.0.